The van der Waals surface area contributed by atoms with E-state index in [4.69, 9.17) is 4.74 Å². The number of carbonyl (C=O) groups excluding carboxylic acids is 1. The SMILES string of the molecule is COc1ccc(S(=O)(=O)Nc2nc(CCC(=O)NCc3ccccn3)cs2)cc1. The van der Waals surface area contributed by atoms with Gasteiger partial charge in [-0.3, -0.25) is 14.5 Å². The Morgan fingerprint density at radius 3 is 2.62 bits per heavy atom. The monoisotopic (exact) mass is 432 g/mol. The van der Waals surface area contributed by atoms with E-state index in [0.29, 0.717) is 24.4 Å². The third kappa shape index (κ3) is 6.00. The minimum absolute atomic E-state index is 0.115. The van der Waals surface area contributed by atoms with Gasteiger partial charge in [-0.15, -0.1) is 11.3 Å². The molecular formula is C19H20N4O4S2. The van der Waals surface area contributed by atoms with Gasteiger partial charge in [0.2, 0.25) is 5.91 Å². The largest absolute Gasteiger partial charge is 0.497 e. The summed E-state index contributed by atoms with van der Waals surface area (Å²) < 4.78 is 32.4. The highest BCUT2D eigenvalue weighted by Gasteiger charge is 2.16. The van der Waals surface area contributed by atoms with E-state index in [2.05, 4.69) is 20.0 Å². The lowest BCUT2D eigenvalue weighted by Crippen LogP contribution is -2.23. The fraction of sp³-hybridized carbons (Fsp3) is 0.211. The molecule has 0 unspecified atom stereocenters. The van der Waals surface area contributed by atoms with Crippen LogP contribution in [-0.2, 0) is 27.8 Å². The summed E-state index contributed by atoms with van der Waals surface area (Å²) in [6.07, 6.45) is 2.33. The number of ether oxygens (including phenoxy) is 1. The van der Waals surface area contributed by atoms with Gasteiger partial charge in [-0.25, -0.2) is 13.4 Å². The van der Waals surface area contributed by atoms with E-state index < -0.39 is 10.0 Å². The molecule has 0 bridgehead atoms. The molecule has 0 aliphatic carbocycles. The van der Waals surface area contributed by atoms with Gasteiger partial charge in [0, 0.05) is 18.0 Å². The van der Waals surface area contributed by atoms with Crippen LogP contribution in [0.4, 0.5) is 5.13 Å². The molecule has 1 aromatic carbocycles. The average molecular weight is 433 g/mol. The van der Waals surface area contributed by atoms with Crippen molar-refractivity contribution >= 4 is 32.4 Å². The molecule has 8 nitrogen and oxygen atoms in total. The van der Waals surface area contributed by atoms with Crippen LogP contribution in [0.5, 0.6) is 5.75 Å². The molecule has 0 saturated carbocycles. The molecule has 0 aliphatic rings. The zero-order valence-electron chi connectivity index (χ0n) is 15.7. The van der Waals surface area contributed by atoms with Crippen LogP contribution >= 0.6 is 11.3 Å². The number of hydrogen-bond donors (Lipinski definition) is 2. The van der Waals surface area contributed by atoms with Gasteiger partial charge >= 0.3 is 0 Å². The minimum atomic E-state index is -3.74. The lowest BCUT2D eigenvalue weighted by Gasteiger charge is -2.06. The van der Waals surface area contributed by atoms with E-state index >= 15 is 0 Å². The van der Waals surface area contributed by atoms with Crippen molar-refractivity contribution in [2.45, 2.75) is 24.3 Å². The second-order valence-corrected chi connectivity index (χ2v) is 8.56. The first kappa shape index (κ1) is 20.7. The highest BCUT2D eigenvalue weighted by molar-refractivity contribution is 7.93. The Hall–Kier alpha value is -2.98. The summed E-state index contributed by atoms with van der Waals surface area (Å²) in [4.78, 5) is 20.5. The predicted molar refractivity (Wildman–Crippen MR) is 110 cm³/mol. The number of rotatable bonds is 9. The van der Waals surface area contributed by atoms with Gasteiger partial charge < -0.3 is 10.1 Å². The van der Waals surface area contributed by atoms with Crippen LogP contribution in [0.3, 0.4) is 0 Å². The van der Waals surface area contributed by atoms with E-state index in [1.807, 2.05) is 18.2 Å². The summed E-state index contributed by atoms with van der Waals surface area (Å²) in [5, 5.41) is 4.79. The number of aromatic nitrogens is 2. The normalized spacial score (nSPS) is 11.1. The van der Waals surface area contributed by atoms with Gasteiger partial charge in [0.15, 0.2) is 5.13 Å². The summed E-state index contributed by atoms with van der Waals surface area (Å²) >= 11 is 1.17. The maximum absolute atomic E-state index is 12.4. The molecule has 3 aromatic rings. The molecule has 0 fully saturated rings. The first-order chi connectivity index (χ1) is 14.0. The van der Waals surface area contributed by atoms with E-state index in [1.165, 1.54) is 30.6 Å². The number of sulfonamides is 1. The Morgan fingerprint density at radius 2 is 1.93 bits per heavy atom. The molecule has 152 valence electrons. The minimum Gasteiger partial charge on any atom is -0.497 e. The Balaban J connectivity index is 1.51. The number of benzene rings is 1. The molecule has 2 aromatic heterocycles. The van der Waals surface area contributed by atoms with Crippen molar-refractivity contribution in [3.05, 3.63) is 65.4 Å². The number of methoxy groups -OCH3 is 1. The molecule has 0 spiro atoms. The van der Waals surface area contributed by atoms with Gasteiger partial charge in [-0.05, 0) is 42.8 Å². The number of hydrogen-bond acceptors (Lipinski definition) is 7. The summed E-state index contributed by atoms with van der Waals surface area (Å²) in [6.45, 7) is 0.365. The number of nitrogens with one attached hydrogen (secondary N) is 2. The van der Waals surface area contributed by atoms with E-state index in [0.717, 1.165) is 5.69 Å². The smallest absolute Gasteiger partial charge is 0.263 e. The quantitative estimate of drug-likeness (QED) is 0.538. The number of anilines is 1. The first-order valence-corrected chi connectivity index (χ1v) is 11.1. The van der Waals surface area contributed by atoms with Crippen LogP contribution in [0.1, 0.15) is 17.8 Å². The van der Waals surface area contributed by atoms with Gasteiger partial charge in [0.25, 0.3) is 10.0 Å². The topological polar surface area (TPSA) is 110 Å². The highest BCUT2D eigenvalue weighted by Crippen LogP contribution is 2.22. The maximum atomic E-state index is 12.4. The fourth-order valence-electron chi connectivity index (χ4n) is 2.42. The zero-order valence-corrected chi connectivity index (χ0v) is 17.3. The van der Waals surface area contributed by atoms with Crippen LogP contribution in [0, 0.1) is 0 Å². The molecule has 29 heavy (non-hydrogen) atoms. The lowest BCUT2D eigenvalue weighted by molar-refractivity contribution is -0.121. The second kappa shape index (κ2) is 9.48. The maximum Gasteiger partial charge on any atom is 0.263 e. The number of carbonyl (C=O) groups is 1. The van der Waals surface area contributed by atoms with Crippen LogP contribution in [0.2, 0.25) is 0 Å². The fourth-order valence-corrected chi connectivity index (χ4v) is 4.42. The Bertz CT molecular complexity index is 1050. The summed E-state index contributed by atoms with van der Waals surface area (Å²) in [7, 11) is -2.23. The average Bonchev–Trinajstić information content (AvgIpc) is 3.18. The van der Waals surface area contributed by atoms with E-state index in [1.54, 1.807) is 23.7 Å². The van der Waals surface area contributed by atoms with Crippen LogP contribution in [0.25, 0.3) is 0 Å². The number of nitrogens with zero attached hydrogens (tertiary/aromatic N) is 2. The number of aryl methyl sites for hydroxylation is 1. The van der Waals surface area contributed by atoms with Crippen molar-refractivity contribution in [1.29, 1.82) is 0 Å². The third-order valence-electron chi connectivity index (χ3n) is 3.94. The van der Waals surface area contributed by atoms with Crippen LogP contribution < -0.4 is 14.8 Å². The Morgan fingerprint density at radius 1 is 1.14 bits per heavy atom. The molecule has 2 heterocycles. The highest BCUT2D eigenvalue weighted by atomic mass is 32.2. The molecule has 10 heteroatoms. The van der Waals surface area contributed by atoms with Crippen molar-refractivity contribution in [3.8, 4) is 5.75 Å². The standard InChI is InChI=1S/C19H20N4O4S2/c1-27-16-6-8-17(9-7-16)29(25,26)23-19-22-15(13-28-19)5-10-18(24)21-12-14-4-2-3-11-20-14/h2-4,6-9,11,13H,5,10,12H2,1H3,(H,21,24)(H,22,23). The van der Waals surface area contributed by atoms with Gasteiger partial charge in [0.05, 0.1) is 29.9 Å². The van der Waals surface area contributed by atoms with Crippen molar-refractivity contribution in [2.75, 3.05) is 11.8 Å². The molecule has 3 rings (SSSR count). The summed E-state index contributed by atoms with van der Waals surface area (Å²) in [5.74, 6) is 0.450. The van der Waals surface area contributed by atoms with Crippen molar-refractivity contribution in [2.24, 2.45) is 0 Å². The molecule has 1 amide bonds. The third-order valence-corrected chi connectivity index (χ3v) is 6.23. The molecular weight excluding hydrogens is 412 g/mol. The lowest BCUT2D eigenvalue weighted by atomic mass is 10.2. The van der Waals surface area contributed by atoms with Crippen molar-refractivity contribution in [1.82, 2.24) is 15.3 Å². The zero-order chi connectivity index (χ0) is 20.7. The summed E-state index contributed by atoms with van der Waals surface area (Å²) in [5.41, 5.74) is 1.43. The number of thiazole rings is 1. The Kier molecular flexibility index (Phi) is 6.78. The Labute approximate surface area is 173 Å². The van der Waals surface area contributed by atoms with Gasteiger partial charge in [-0.2, -0.15) is 0 Å². The summed E-state index contributed by atoms with van der Waals surface area (Å²) in [6, 6.07) is 11.6. The van der Waals surface area contributed by atoms with Crippen molar-refractivity contribution in [3.63, 3.8) is 0 Å². The van der Waals surface area contributed by atoms with Crippen LogP contribution in [0.15, 0.2) is 58.9 Å². The second-order valence-electron chi connectivity index (χ2n) is 6.02. The molecule has 2 N–H and O–H groups in total. The van der Waals surface area contributed by atoms with Gasteiger partial charge in [-0.1, -0.05) is 6.07 Å². The van der Waals surface area contributed by atoms with E-state index in [9.17, 15) is 13.2 Å². The molecule has 0 atom stereocenters. The van der Waals surface area contributed by atoms with Crippen molar-refractivity contribution < 1.29 is 17.9 Å². The number of amides is 1. The number of pyridine rings is 1. The predicted octanol–water partition coefficient (Wildman–Crippen LogP) is 2.60. The van der Waals surface area contributed by atoms with Crippen LogP contribution in [-0.4, -0.2) is 31.4 Å². The molecule has 0 radical (unpaired) electrons. The molecule has 0 aliphatic heterocycles. The van der Waals surface area contributed by atoms with Gasteiger partial charge in [0.1, 0.15) is 5.75 Å². The van der Waals surface area contributed by atoms with E-state index in [-0.39, 0.29) is 22.4 Å². The molecule has 0 saturated heterocycles. The first-order valence-electron chi connectivity index (χ1n) is 8.74.